The molecule has 0 radical (unpaired) electrons. The van der Waals surface area contributed by atoms with Crippen molar-refractivity contribution in [2.24, 2.45) is 5.92 Å². The largest absolute Gasteiger partial charge is 0.508 e. The standard InChI is InChI=1S/C19H22O4/c1-23-13-16(19(22)15-7-11-18(21)12-8-15)4-2-3-14-5-9-17(20)10-6-14/h2-3,5-12,16,19-22H,4,13H2,1H3. The van der Waals surface area contributed by atoms with Crippen LogP contribution >= 0.6 is 0 Å². The first-order valence-electron chi connectivity index (χ1n) is 7.51. The highest BCUT2D eigenvalue weighted by atomic mass is 16.5. The van der Waals surface area contributed by atoms with E-state index in [1.807, 2.05) is 24.3 Å². The second-order valence-electron chi connectivity index (χ2n) is 5.48. The molecule has 2 atom stereocenters. The quantitative estimate of drug-likeness (QED) is 0.731. The van der Waals surface area contributed by atoms with E-state index in [0.29, 0.717) is 13.0 Å². The number of aliphatic hydroxyl groups excluding tert-OH is 1. The van der Waals surface area contributed by atoms with Gasteiger partial charge in [-0.2, -0.15) is 0 Å². The van der Waals surface area contributed by atoms with Crippen molar-refractivity contribution in [2.45, 2.75) is 12.5 Å². The number of allylic oxidation sites excluding steroid dienone is 1. The average Bonchev–Trinajstić information content (AvgIpc) is 2.56. The van der Waals surface area contributed by atoms with E-state index in [9.17, 15) is 15.3 Å². The van der Waals surface area contributed by atoms with Gasteiger partial charge >= 0.3 is 0 Å². The van der Waals surface area contributed by atoms with Crippen molar-refractivity contribution in [3.63, 3.8) is 0 Å². The van der Waals surface area contributed by atoms with Gasteiger partial charge in [0.25, 0.3) is 0 Å². The molecule has 0 aliphatic heterocycles. The molecular weight excluding hydrogens is 292 g/mol. The van der Waals surface area contributed by atoms with Crippen LogP contribution in [0, 0.1) is 5.92 Å². The zero-order chi connectivity index (χ0) is 16.7. The zero-order valence-electron chi connectivity index (χ0n) is 13.1. The van der Waals surface area contributed by atoms with Gasteiger partial charge in [0, 0.05) is 13.0 Å². The van der Waals surface area contributed by atoms with Crippen LogP contribution in [-0.4, -0.2) is 29.0 Å². The van der Waals surface area contributed by atoms with E-state index >= 15 is 0 Å². The van der Waals surface area contributed by atoms with E-state index in [1.54, 1.807) is 43.5 Å². The van der Waals surface area contributed by atoms with Gasteiger partial charge in [-0.05, 0) is 41.8 Å². The molecule has 0 spiro atoms. The molecule has 0 amide bonds. The Morgan fingerprint density at radius 1 is 0.957 bits per heavy atom. The lowest BCUT2D eigenvalue weighted by Gasteiger charge is -2.21. The lowest BCUT2D eigenvalue weighted by molar-refractivity contribution is 0.0487. The lowest BCUT2D eigenvalue weighted by atomic mass is 9.93. The van der Waals surface area contributed by atoms with Crippen LogP contribution in [0.4, 0.5) is 0 Å². The minimum atomic E-state index is -0.667. The molecule has 2 rings (SSSR count). The third kappa shape index (κ3) is 5.13. The Labute approximate surface area is 136 Å². The predicted octanol–water partition coefficient (Wildman–Crippen LogP) is 3.50. The summed E-state index contributed by atoms with van der Waals surface area (Å²) >= 11 is 0. The number of hydrogen-bond acceptors (Lipinski definition) is 4. The molecule has 2 unspecified atom stereocenters. The van der Waals surface area contributed by atoms with Crippen LogP contribution in [0.2, 0.25) is 0 Å². The maximum Gasteiger partial charge on any atom is 0.115 e. The monoisotopic (exact) mass is 314 g/mol. The van der Waals surface area contributed by atoms with Gasteiger partial charge < -0.3 is 20.1 Å². The summed E-state index contributed by atoms with van der Waals surface area (Å²) in [7, 11) is 1.61. The summed E-state index contributed by atoms with van der Waals surface area (Å²) in [6.45, 7) is 0.433. The molecule has 0 saturated carbocycles. The first kappa shape index (κ1) is 17.1. The van der Waals surface area contributed by atoms with Crippen molar-refractivity contribution in [3.8, 4) is 11.5 Å². The van der Waals surface area contributed by atoms with E-state index in [0.717, 1.165) is 11.1 Å². The van der Waals surface area contributed by atoms with Gasteiger partial charge in [-0.3, -0.25) is 0 Å². The fraction of sp³-hybridized carbons (Fsp3) is 0.263. The molecule has 0 aromatic heterocycles. The van der Waals surface area contributed by atoms with Crippen LogP contribution in [0.25, 0.3) is 6.08 Å². The number of benzene rings is 2. The van der Waals surface area contributed by atoms with Gasteiger partial charge in [0.2, 0.25) is 0 Å². The van der Waals surface area contributed by atoms with Crippen molar-refractivity contribution in [2.75, 3.05) is 13.7 Å². The minimum Gasteiger partial charge on any atom is -0.508 e. The van der Waals surface area contributed by atoms with Crippen LogP contribution in [0.15, 0.2) is 54.6 Å². The normalized spacial score (nSPS) is 14.0. The smallest absolute Gasteiger partial charge is 0.115 e. The second kappa shape index (κ2) is 8.36. The van der Waals surface area contributed by atoms with Crippen LogP contribution < -0.4 is 0 Å². The van der Waals surface area contributed by atoms with Gasteiger partial charge in [-0.25, -0.2) is 0 Å². The van der Waals surface area contributed by atoms with E-state index in [4.69, 9.17) is 4.74 Å². The molecule has 23 heavy (non-hydrogen) atoms. The SMILES string of the molecule is COCC(CC=Cc1ccc(O)cc1)C(O)c1ccc(O)cc1. The molecule has 4 nitrogen and oxygen atoms in total. The number of phenols is 2. The number of methoxy groups -OCH3 is 1. The van der Waals surface area contributed by atoms with Gasteiger partial charge in [0.05, 0.1) is 12.7 Å². The highest BCUT2D eigenvalue weighted by Gasteiger charge is 2.19. The van der Waals surface area contributed by atoms with Gasteiger partial charge in [-0.1, -0.05) is 36.4 Å². The number of phenolic OH excluding ortho intramolecular Hbond substituents is 2. The predicted molar refractivity (Wildman–Crippen MR) is 90.2 cm³/mol. The Morgan fingerprint density at radius 3 is 2.09 bits per heavy atom. The Kier molecular flexibility index (Phi) is 6.20. The Bertz CT molecular complexity index is 617. The highest BCUT2D eigenvalue weighted by molar-refractivity contribution is 5.50. The lowest BCUT2D eigenvalue weighted by Crippen LogP contribution is -2.17. The molecule has 0 fully saturated rings. The molecular formula is C19H22O4. The topological polar surface area (TPSA) is 69.9 Å². The Balaban J connectivity index is 2.02. The van der Waals surface area contributed by atoms with Crippen molar-refractivity contribution < 1.29 is 20.1 Å². The molecule has 2 aromatic rings. The van der Waals surface area contributed by atoms with Crippen molar-refractivity contribution in [1.82, 2.24) is 0 Å². The summed E-state index contributed by atoms with van der Waals surface area (Å²) in [6.07, 6.45) is 3.92. The average molecular weight is 314 g/mol. The van der Waals surface area contributed by atoms with Gasteiger partial charge in [-0.15, -0.1) is 0 Å². The summed E-state index contributed by atoms with van der Waals surface area (Å²) in [5, 5.41) is 29.1. The third-order valence-electron chi connectivity index (χ3n) is 3.70. The van der Waals surface area contributed by atoms with Crippen LogP contribution in [0.3, 0.4) is 0 Å². The molecule has 0 aliphatic rings. The number of rotatable bonds is 7. The molecule has 0 aliphatic carbocycles. The molecule has 2 aromatic carbocycles. The molecule has 0 heterocycles. The van der Waals surface area contributed by atoms with Crippen molar-refractivity contribution >= 4 is 6.08 Å². The summed E-state index contributed by atoms with van der Waals surface area (Å²) in [6, 6.07) is 13.5. The van der Waals surface area contributed by atoms with Gasteiger partial charge in [0.15, 0.2) is 0 Å². The van der Waals surface area contributed by atoms with E-state index in [2.05, 4.69) is 0 Å². The first-order chi connectivity index (χ1) is 11.1. The second-order valence-corrected chi connectivity index (χ2v) is 5.48. The molecule has 0 bridgehead atoms. The fourth-order valence-corrected chi connectivity index (χ4v) is 2.41. The fourth-order valence-electron chi connectivity index (χ4n) is 2.41. The Hall–Kier alpha value is -2.30. The maximum absolute atomic E-state index is 10.5. The summed E-state index contributed by atoms with van der Waals surface area (Å²) in [4.78, 5) is 0. The Morgan fingerprint density at radius 2 is 1.52 bits per heavy atom. The zero-order valence-corrected chi connectivity index (χ0v) is 13.1. The molecule has 4 heteroatoms. The van der Waals surface area contributed by atoms with Crippen LogP contribution in [0.5, 0.6) is 11.5 Å². The summed E-state index contributed by atoms with van der Waals surface area (Å²) in [5.41, 5.74) is 1.74. The maximum atomic E-state index is 10.5. The molecule has 3 N–H and O–H groups in total. The van der Waals surface area contributed by atoms with E-state index in [1.165, 1.54) is 0 Å². The number of aliphatic hydroxyl groups is 1. The summed E-state index contributed by atoms with van der Waals surface area (Å²) in [5.74, 6) is 0.330. The van der Waals surface area contributed by atoms with E-state index in [-0.39, 0.29) is 17.4 Å². The number of hydrogen-bond donors (Lipinski definition) is 3. The highest BCUT2D eigenvalue weighted by Crippen LogP contribution is 2.27. The van der Waals surface area contributed by atoms with E-state index < -0.39 is 6.10 Å². The number of aromatic hydroxyl groups is 2. The minimum absolute atomic E-state index is 0.0853. The van der Waals surface area contributed by atoms with Gasteiger partial charge in [0.1, 0.15) is 11.5 Å². The van der Waals surface area contributed by atoms with Crippen molar-refractivity contribution in [1.29, 1.82) is 0 Å². The van der Waals surface area contributed by atoms with Crippen molar-refractivity contribution in [3.05, 3.63) is 65.7 Å². The van der Waals surface area contributed by atoms with Crippen LogP contribution in [-0.2, 0) is 4.74 Å². The molecule has 0 saturated heterocycles. The van der Waals surface area contributed by atoms with Crippen LogP contribution in [0.1, 0.15) is 23.7 Å². The molecule has 122 valence electrons. The summed E-state index contributed by atoms with van der Waals surface area (Å²) < 4.78 is 5.21. The first-order valence-corrected chi connectivity index (χ1v) is 7.51. The number of ether oxygens (including phenoxy) is 1. The third-order valence-corrected chi connectivity index (χ3v) is 3.70.